The Morgan fingerprint density at radius 2 is 2.14 bits per heavy atom. The van der Waals surface area contributed by atoms with Gasteiger partial charge in [0.15, 0.2) is 0 Å². The quantitative estimate of drug-likeness (QED) is 0.516. The van der Waals surface area contributed by atoms with Crippen LogP contribution in [0.3, 0.4) is 0 Å². The first-order valence-electron chi connectivity index (χ1n) is 3.74. The summed E-state index contributed by atoms with van der Waals surface area (Å²) in [6.45, 7) is -1.08. The molecule has 0 aliphatic heterocycles. The number of rotatable bonds is 3. The lowest BCUT2D eigenvalue weighted by atomic mass is 10.4. The molecular formula is C7H9F3N4. The van der Waals surface area contributed by atoms with Crippen LogP contribution in [0.15, 0.2) is 18.3 Å². The van der Waals surface area contributed by atoms with E-state index >= 15 is 0 Å². The highest BCUT2D eigenvalue weighted by atomic mass is 19.4. The zero-order valence-corrected chi connectivity index (χ0v) is 7.10. The van der Waals surface area contributed by atoms with Crippen LogP contribution in [0.4, 0.5) is 24.7 Å². The van der Waals surface area contributed by atoms with Crippen molar-refractivity contribution in [3.63, 3.8) is 0 Å². The van der Waals surface area contributed by atoms with E-state index in [-0.39, 0.29) is 0 Å². The summed E-state index contributed by atoms with van der Waals surface area (Å²) in [5.41, 5.74) is 2.54. The molecule has 14 heavy (non-hydrogen) atoms. The van der Waals surface area contributed by atoms with Gasteiger partial charge in [-0.25, -0.2) is 10.8 Å². The smallest absolute Gasteiger partial charge is 0.376 e. The average Bonchev–Trinajstić information content (AvgIpc) is 2.14. The number of aromatic nitrogens is 1. The van der Waals surface area contributed by atoms with E-state index in [1.165, 1.54) is 18.3 Å². The Labute approximate surface area is 78.3 Å². The third kappa shape index (κ3) is 3.48. The van der Waals surface area contributed by atoms with Crippen LogP contribution in [0.5, 0.6) is 0 Å². The molecule has 1 heterocycles. The minimum Gasteiger partial charge on any atom is -0.376 e. The first-order chi connectivity index (χ1) is 6.51. The molecule has 0 bridgehead atoms. The number of nitrogens with one attached hydrogen (secondary N) is 2. The number of hydrazine groups is 1. The predicted molar refractivity (Wildman–Crippen MR) is 46.6 cm³/mol. The van der Waals surface area contributed by atoms with Crippen molar-refractivity contribution in [3.8, 4) is 0 Å². The number of nitrogens with zero attached hydrogens (tertiary/aromatic N) is 1. The van der Waals surface area contributed by atoms with Crippen LogP contribution >= 0.6 is 0 Å². The van der Waals surface area contributed by atoms with Gasteiger partial charge >= 0.3 is 6.18 Å². The van der Waals surface area contributed by atoms with Gasteiger partial charge in [0.2, 0.25) is 0 Å². The van der Waals surface area contributed by atoms with Crippen molar-refractivity contribution in [2.24, 2.45) is 5.84 Å². The number of anilines is 2. The first kappa shape index (κ1) is 10.6. The lowest BCUT2D eigenvalue weighted by Gasteiger charge is -2.09. The predicted octanol–water partition coefficient (Wildman–Crippen LogP) is 1.34. The van der Waals surface area contributed by atoms with Gasteiger partial charge in [-0.1, -0.05) is 0 Å². The van der Waals surface area contributed by atoms with Crippen molar-refractivity contribution in [3.05, 3.63) is 18.3 Å². The summed E-state index contributed by atoms with van der Waals surface area (Å²) in [7, 11) is 0. The fraction of sp³-hybridized carbons (Fsp3) is 0.286. The van der Waals surface area contributed by atoms with Crippen LogP contribution in [-0.4, -0.2) is 17.7 Å². The van der Waals surface area contributed by atoms with Crippen LogP contribution in [0.2, 0.25) is 0 Å². The average molecular weight is 206 g/mol. The largest absolute Gasteiger partial charge is 0.405 e. The summed E-state index contributed by atoms with van der Waals surface area (Å²) < 4.78 is 35.4. The molecule has 0 atom stereocenters. The van der Waals surface area contributed by atoms with Crippen molar-refractivity contribution in [1.29, 1.82) is 0 Å². The SMILES string of the molecule is NNc1cc(NCC(F)(F)F)ccn1. The molecule has 0 fully saturated rings. The van der Waals surface area contributed by atoms with Crippen molar-refractivity contribution in [2.75, 3.05) is 17.3 Å². The Kier molecular flexibility index (Phi) is 3.13. The van der Waals surface area contributed by atoms with Gasteiger partial charge in [0.1, 0.15) is 12.4 Å². The molecule has 1 aromatic heterocycles. The molecule has 1 rings (SSSR count). The molecule has 0 saturated carbocycles. The van der Waals surface area contributed by atoms with E-state index in [1.807, 2.05) is 0 Å². The number of pyridine rings is 1. The van der Waals surface area contributed by atoms with E-state index in [2.05, 4.69) is 15.7 Å². The number of nitrogen functional groups attached to an aromatic ring is 1. The molecule has 4 N–H and O–H groups in total. The van der Waals surface area contributed by atoms with Gasteiger partial charge < -0.3 is 10.7 Å². The second kappa shape index (κ2) is 4.14. The fourth-order valence-corrected chi connectivity index (χ4v) is 0.822. The molecule has 0 aliphatic carbocycles. The van der Waals surface area contributed by atoms with Crippen LogP contribution in [-0.2, 0) is 0 Å². The molecule has 0 spiro atoms. The maximum Gasteiger partial charge on any atom is 0.405 e. The van der Waals surface area contributed by atoms with E-state index in [1.54, 1.807) is 0 Å². The molecule has 78 valence electrons. The van der Waals surface area contributed by atoms with E-state index in [0.717, 1.165) is 0 Å². The van der Waals surface area contributed by atoms with E-state index in [4.69, 9.17) is 5.84 Å². The summed E-state index contributed by atoms with van der Waals surface area (Å²) in [4.78, 5) is 3.74. The Hall–Kier alpha value is -1.50. The molecule has 4 nitrogen and oxygen atoms in total. The molecule has 0 unspecified atom stereocenters. The fourth-order valence-electron chi connectivity index (χ4n) is 0.822. The monoisotopic (exact) mass is 206 g/mol. The van der Waals surface area contributed by atoms with Gasteiger partial charge in [-0.2, -0.15) is 13.2 Å². The Bertz CT molecular complexity index is 299. The van der Waals surface area contributed by atoms with Gasteiger partial charge in [-0.15, -0.1) is 0 Å². The van der Waals surface area contributed by atoms with Crippen molar-refractivity contribution in [2.45, 2.75) is 6.18 Å². The van der Waals surface area contributed by atoms with Crippen molar-refractivity contribution >= 4 is 11.5 Å². The molecule has 0 radical (unpaired) electrons. The summed E-state index contributed by atoms with van der Waals surface area (Å²) in [6, 6.07) is 2.80. The Morgan fingerprint density at radius 3 is 2.71 bits per heavy atom. The van der Waals surface area contributed by atoms with Gasteiger partial charge in [0, 0.05) is 18.0 Å². The standard InChI is InChI=1S/C7H9F3N4/c8-7(9,10)4-13-5-1-2-12-6(3-5)14-11/h1-3H,4,11H2,(H2,12,13,14). The Morgan fingerprint density at radius 1 is 1.43 bits per heavy atom. The van der Waals surface area contributed by atoms with Crippen molar-refractivity contribution < 1.29 is 13.2 Å². The minimum absolute atomic E-state index is 0.303. The molecular weight excluding hydrogens is 197 g/mol. The normalized spacial score (nSPS) is 11.1. The zero-order valence-electron chi connectivity index (χ0n) is 7.10. The third-order valence-electron chi connectivity index (χ3n) is 1.40. The number of nitrogens with two attached hydrogens (primary N) is 1. The summed E-state index contributed by atoms with van der Waals surface area (Å²) in [5.74, 6) is 5.34. The lowest BCUT2D eigenvalue weighted by molar-refractivity contribution is -0.115. The number of alkyl halides is 3. The second-order valence-electron chi connectivity index (χ2n) is 2.54. The number of halogens is 3. The summed E-state index contributed by atoms with van der Waals surface area (Å²) in [6.07, 6.45) is -2.88. The Balaban J connectivity index is 2.59. The highest BCUT2D eigenvalue weighted by Gasteiger charge is 2.26. The summed E-state index contributed by atoms with van der Waals surface area (Å²) in [5, 5.41) is 2.20. The third-order valence-corrected chi connectivity index (χ3v) is 1.40. The highest BCUT2D eigenvalue weighted by molar-refractivity contribution is 5.51. The van der Waals surface area contributed by atoms with Crippen LogP contribution in [0, 0.1) is 0 Å². The molecule has 1 aromatic rings. The lowest BCUT2D eigenvalue weighted by Crippen LogP contribution is -2.21. The van der Waals surface area contributed by atoms with Crippen LogP contribution in [0.1, 0.15) is 0 Å². The topological polar surface area (TPSA) is 63.0 Å². The second-order valence-corrected chi connectivity index (χ2v) is 2.54. The van der Waals surface area contributed by atoms with Crippen LogP contribution in [0.25, 0.3) is 0 Å². The van der Waals surface area contributed by atoms with Gasteiger partial charge in [0.25, 0.3) is 0 Å². The maximum atomic E-state index is 11.8. The zero-order chi connectivity index (χ0) is 10.6. The van der Waals surface area contributed by atoms with Gasteiger partial charge in [-0.05, 0) is 6.07 Å². The van der Waals surface area contributed by atoms with E-state index in [0.29, 0.717) is 11.5 Å². The molecule has 0 saturated heterocycles. The summed E-state index contributed by atoms with van der Waals surface area (Å²) >= 11 is 0. The first-order valence-corrected chi connectivity index (χ1v) is 3.74. The van der Waals surface area contributed by atoms with Gasteiger partial charge in [0.05, 0.1) is 0 Å². The number of hydrogen-bond acceptors (Lipinski definition) is 4. The van der Waals surface area contributed by atoms with E-state index < -0.39 is 12.7 Å². The molecule has 0 aromatic carbocycles. The molecule has 0 amide bonds. The minimum atomic E-state index is -4.24. The van der Waals surface area contributed by atoms with Crippen LogP contribution < -0.4 is 16.6 Å². The van der Waals surface area contributed by atoms with Gasteiger partial charge in [-0.3, -0.25) is 0 Å². The maximum absolute atomic E-state index is 11.8. The highest BCUT2D eigenvalue weighted by Crippen LogP contribution is 2.17. The molecule has 0 aliphatic rings. The van der Waals surface area contributed by atoms with E-state index in [9.17, 15) is 13.2 Å². The number of hydrogen-bond donors (Lipinski definition) is 3. The molecule has 7 heteroatoms. The van der Waals surface area contributed by atoms with Crippen molar-refractivity contribution in [1.82, 2.24) is 4.98 Å².